The molecule has 15 heteroatoms. The molecule has 2 aliphatic heterocycles. The van der Waals surface area contributed by atoms with Crippen LogP contribution in [-0.4, -0.2) is 77.8 Å². The van der Waals surface area contributed by atoms with Gasteiger partial charge >= 0.3 is 12.1 Å². The number of urea groups is 1. The fourth-order valence-electron chi connectivity index (χ4n) is 6.38. The summed E-state index contributed by atoms with van der Waals surface area (Å²) in [4.78, 5) is 60.2. The van der Waals surface area contributed by atoms with Crippen LogP contribution in [0.15, 0.2) is 35.7 Å². The number of aromatic nitrogens is 1. The number of aryl methyl sites for hydroxylation is 2. The first-order chi connectivity index (χ1) is 23.3. The van der Waals surface area contributed by atoms with Crippen LogP contribution in [0.3, 0.4) is 0 Å². The Hall–Kier alpha value is -3.98. The van der Waals surface area contributed by atoms with E-state index in [4.69, 9.17) is 4.74 Å². The van der Waals surface area contributed by atoms with Crippen molar-refractivity contribution in [2.24, 2.45) is 5.92 Å². The Labute approximate surface area is 290 Å². The van der Waals surface area contributed by atoms with Crippen LogP contribution in [-0.2, 0) is 30.8 Å². The zero-order chi connectivity index (χ0) is 35.0. The van der Waals surface area contributed by atoms with Gasteiger partial charge in [0.05, 0.1) is 22.7 Å². The first kappa shape index (κ1) is 34.9. The van der Waals surface area contributed by atoms with E-state index >= 15 is 0 Å². The minimum absolute atomic E-state index is 0.00569. The Morgan fingerprint density at radius 3 is 2.71 bits per heavy atom. The van der Waals surface area contributed by atoms with Gasteiger partial charge in [-0.15, -0.1) is 11.3 Å². The number of amides is 5. The number of nitrogens with zero attached hydrogens (tertiary/aromatic N) is 2. The minimum Gasteiger partial charge on any atom is -0.444 e. The molecule has 6 rings (SSSR count). The number of anilines is 1. The summed E-state index contributed by atoms with van der Waals surface area (Å²) in [5.41, 5.74) is 1.68. The van der Waals surface area contributed by atoms with Crippen molar-refractivity contribution in [1.29, 1.82) is 0 Å². The van der Waals surface area contributed by atoms with Crippen molar-refractivity contribution in [3.63, 3.8) is 0 Å². The molecule has 1 aromatic carbocycles. The lowest BCUT2D eigenvalue weighted by Gasteiger charge is -2.27. The molecule has 0 spiro atoms. The van der Waals surface area contributed by atoms with E-state index in [1.807, 2.05) is 49.6 Å². The lowest BCUT2D eigenvalue weighted by Crippen LogP contribution is -2.57. The van der Waals surface area contributed by atoms with Crippen LogP contribution in [0.5, 0.6) is 0 Å². The summed E-state index contributed by atoms with van der Waals surface area (Å²) < 4.78 is 33.0. The Balaban J connectivity index is 1.19. The number of hydrogen-bond acceptors (Lipinski definition) is 9. The van der Waals surface area contributed by atoms with Crippen molar-refractivity contribution in [2.75, 3.05) is 18.4 Å². The van der Waals surface area contributed by atoms with Crippen LogP contribution in [0.4, 0.5) is 15.3 Å². The van der Waals surface area contributed by atoms with E-state index in [1.54, 1.807) is 6.92 Å². The van der Waals surface area contributed by atoms with Crippen molar-refractivity contribution in [2.45, 2.75) is 101 Å². The molecule has 2 saturated carbocycles. The highest BCUT2D eigenvalue weighted by Gasteiger charge is 2.63. The molecular formula is C34H44N6O7S2. The Morgan fingerprint density at radius 2 is 1.98 bits per heavy atom. The van der Waals surface area contributed by atoms with Gasteiger partial charge in [0.25, 0.3) is 5.91 Å². The molecule has 1 aromatic heterocycles. The van der Waals surface area contributed by atoms with Crippen molar-refractivity contribution in [3.8, 4) is 10.6 Å². The topological polar surface area (TPSA) is 176 Å². The number of thiazole rings is 1. The molecule has 2 aliphatic carbocycles. The highest BCUT2D eigenvalue weighted by molar-refractivity contribution is 7.91. The maximum absolute atomic E-state index is 13.9. The van der Waals surface area contributed by atoms with Gasteiger partial charge in [-0.2, -0.15) is 0 Å². The fraction of sp³-hybridized carbons (Fsp3) is 0.559. The van der Waals surface area contributed by atoms with Crippen LogP contribution in [0, 0.1) is 12.8 Å². The molecule has 49 heavy (non-hydrogen) atoms. The van der Waals surface area contributed by atoms with E-state index in [-0.39, 0.29) is 19.4 Å². The second-order valence-corrected chi connectivity index (χ2v) is 16.8. The van der Waals surface area contributed by atoms with Crippen molar-refractivity contribution >= 4 is 51.0 Å². The van der Waals surface area contributed by atoms with E-state index in [1.165, 1.54) is 16.2 Å². The number of sulfonamides is 1. The number of carbonyl (C=O) groups excluding carboxylic acids is 4. The van der Waals surface area contributed by atoms with E-state index in [9.17, 15) is 27.6 Å². The van der Waals surface area contributed by atoms with Gasteiger partial charge in [0.1, 0.15) is 22.7 Å². The number of fused-ring (bicyclic) bond motifs is 2. The molecule has 3 heterocycles. The molecule has 4 atom stereocenters. The number of ether oxygens (including phenoxy) is 1. The van der Waals surface area contributed by atoms with Gasteiger partial charge in [0, 0.05) is 29.8 Å². The van der Waals surface area contributed by atoms with Crippen LogP contribution in [0.1, 0.15) is 76.5 Å². The van der Waals surface area contributed by atoms with Gasteiger partial charge in [0.2, 0.25) is 15.9 Å². The molecule has 4 N–H and O–H groups in total. The zero-order valence-electron chi connectivity index (χ0n) is 28.0. The predicted molar refractivity (Wildman–Crippen MR) is 185 cm³/mol. The summed E-state index contributed by atoms with van der Waals surface area (Å²) in [5.74, 6) is -1.80. The Kier molecular flexibility index (Phi) is 9.77. The second-order valence-electron chi connectivity index (χ2n) is 13.8. The monoisotopic (exact) mass is 712 g/mol. The van der Waals surface area contributed by atoms with Gasteiger partial charge in [-0.3, -0.25) is 19.6 Å². The highest BCUT2D eigenvalue weighted by Crippen LogP contribution is 2.47. The van der Waals surface area contributed by atoms with Crippen molar-refractivity contribution in [1.82, 2.24) is 25.2 Å². The molecule has 0 unspecified atom stereocenters. The highest BCUT2D eigenvalue weighted by atomic mass is 32.2. The summed E-state index contributed by atoms with van der Waals surface area (Å²) >= 11 is 1.48. The van der Waals surface area contributed by atoms with Gasteiger partial charge < -0.3 is 20.3 Å². The molecular weight excluding hydrogens is 669 g/mol. The number of benzene rings is 1. The lowest BCUT2D eigenvalue weighted by atomic mass is 10.1. The predicted octanol–water partition coefficient (Wildman–Crippen LogP) is 4.39. The van der Waals surface area contributed by atoms with Gasteiger partial charge in [-0.05, 0) is 76.5 Å². The number of nitrogens with one attached hydrogen (secondary N) is 4. The Bertz CT molecular complexity index is 1770. The molecule has 0 radical (unpaired) electrons. The van der Waals surface area contributed by atoms with Gasteiger partial charge in [-0.1, -0.05) is 31.6 Å². The molecule has 0 bridgehead atoms. The van der Waals surface area contributed by atoms with Crippen molar-refractivity contribution < 1.29 is 32.3 Å². The zero-order valence-corrected chi connectivity index (χ0v) is 29.7. The standard InChI is InChI=1S/C34H44N6O7S2/c1-4-23-20-48-29(36-23)25-12-11-21(2)16-26(25)37-32(44)47-24-17-27-28(41)38-34(30(42)39-49(45,46)33(3)13-14-33)18-22(34)10-8-6-5-7-9-15-35-31(43)40(27)19-24/h8,10-12,16,20,22,24,27H,4-7,9,13-15,17-19H2,1-3H3,(H,35,43)(H,37,44)(H,38,41)(H,39,42)/t22-,24-,27+,34-/m1/s1. The third-order valence-corrected chi connectivity index (χ3v) is 13.0. The third-order valence-electron chi connectivity index (χ3n) is 9.94. The second kappa shape index (κ2) is 13.7. The number of carbonyl (C=O) groups is 4. The van der Waals surface area contributed by atoms with E-state index in [0.29, 0.717) is 25.1 Å². The van der Waals surface area contributed by atoms with Crippen LogP contribution in [0.25, 0.3) is 10.6 Å². The molecule has 4 aliphatic rings. The lowest BCUT2D eigenvalue weighted by molar-refractivity contribution is -0.131. The smallest absolute Gasteiger partial charge is 0.411 e. The minimum atomic E-state index is -3.95. The summed E-state index contributed by atoms with van der Waals surface area (Å²) in [7, 11) is -3.95. The first-order valence-electron chi connectivity index (χ1n) is 17.0. The van der Waals surface area contributed by atoms with Crippen LogP contribution >= 0.6 is 11.3 Å². The summed E-state index contributed by atoms with van der Waals surface area (Å²) in [6.07, 6.45) is 7.43. The Morgan fingerprint density at radius 1 is 1.18 bits per heavy atom. The largest absolute Gasteiger partial charge is 0.444 e. The SMILES string of the molecule is CCc1csc(-c2ccc(C)cc2NC(=O)O[C@@H]2C[C@H]3C(=O)N[C@]4(C(=O)NS(=O)(=O)C5(C)CC5)C[C@H]4C=CCCCCCNC(=O)N3C2)n1. The summed E-state index contributed by atoms with van der Waals surface area (Å²) in [6.45, 7) is 5.90. The summed E-state index contributed by atoms with van der Waals surface area (Å²) in [6, 6.07) is 4.12. The average Bonchev–Trinajstić information content (AvgIpc) is 3.83. The normalized spacial score (nSPS) is 26.6. The number of rotatable bonds is 7. The molecule has 3 fully saturated rings. The number of hydrogen-bond donors (Lipinski definition) is 4. The van der Waals surface area contributed by atoms with Gasteiger partial charge in [-0.25, -0.2) is 23.0 Å². The average molecular weight is 713 g/mol. The van der Waals surface area contributed by atoms with Gasteiger partial charge in [0.15, 0.2) is 0 Å². The molecule has 5 amide bonds. The fourth-order valence-corrected chi connectivity index (χ4v) is 8.63. The molecule has 13 nitrogen and oxygen atoms in total. The quantitative estimate of drug-likeness (QED) is 0.306. The molecule has 2 aromatic rings. The van der Waals surface area contributed by atoms with Crippen molar-refractivity contribution in [3.05, 3.63) is 47.0 Å². The molecule has 264 valence electrons. The van der Waals surface area contributed by atoms with E-state index in [2.05, 4.69) is 25.7 Å². The number of allylic oxidation sites excluding steroid dienone is 1. The summed E-state index contributed by atoms with van der Waals surface area (Å²) in [5, 5.41) is 11.3. The van der Waals surface area contributed by atoms with E-state index < -0.39 is 62.3 Å². The van der Waals surface area contributed by atoms with E-state index in [0.717, 1.165) is 53.9 Å². The molecule has 1 saturated heterocycles. The maximum Gasteiger partial charge on any atom is 0.411 e. The van der Waals surface area contributed by atoms with Crippen LogP contribution in [0.2, 0.25) is 0 Å². The third kappa shape index (κ3) is 7.47. The first-order valence-corrected chi connectivity index (χ1v) is 19.3. The maximum atomic E-state index is 13.9. The van der Waals surface area contributed by atoms with Crippen LogP contribution < -0.4 is 20.7 Å².